The third-order valence-electron chi connectivity index (χ3n) is 3.16. The van der Waals surface area contributed by atoms with E-state index < -0.39 is 0 Å². The second kappa shape index (κ2) is 18.7. The van der Waals surface area contributed by atoms with Gasteiger partial charge in [0.1, 0.15) is 0 Å². The van der Waals surface area contributed by atoms with E-state index in [-0.39, 0.29) is 58.3 Å². The number of hydrogen-bond acceptors (Lipinski definition) is 6. The Hall–Kier alpha value is -1.69. The van der Waals surface area contributed by atoms with Gasteiger partial charge in [0.15, 0.2) is 0 Å². The van der Waals surface area contributed by atoms with Crippen LogP contribution in [0.4, 0.5) is 0 Å². The van der Waals surface area contributed by atoms with Gasteiger partial charge in [-0.2, -0.15) is 0 Å². The summed E-state index contributed by atoms with van der Waals surface area (Å²) in [6.07, 6.45) is 4.10. The summed E-state index contributed by atoms with van der Waals surface area (Å²) in [6, 6.07) is 13.4. The van der Waals surface area contributed by atoms with Crippen LogP contribution in [0.25, 0.3) is 0 Å². The molecule has 0 saturated heterocycles. The van der Waals surface area contributed by atoms with E-state index in [1.54, 1.807) is 36.4 Å². The van der Waals surface area contributed by atoms with Gasteiger partial charge in [-0.1, -0.05) is 48.5 Å². The molecule has 0 bridgehead atoms. The largest absolute Gasteiger partial charge is 2.00 e. The molecular weight excluding hydrogens is 450 g/mol. The maximum Gasteiger partial charge on any atom is 2.00 e. The molecule has 0 unspecified atom stereocenters. The Bertz CT molecular complexity index is 638. The van der Waals surface area contributed by atoms with Gasteiger partial charge >= 0.3 is 33.6 Å². The molecule has 0 amide bonds. The fourth-order valence-electron chi connectivity index (χ4n) is 1.81. The standard InChI is InChI=1S/2C10H12NO2.2Co/c2*12-7-3-6-11-8-9-4-1-2-5-10(9)13;;/h2*1-2,4-5,8,13H,3,6-7H2;;/q2*-1;2*+2/p-2. The zero-order chi connectivity index (χ0) is 19.0. The van der Waals surface area contributed by atoms with Crippen molar-refractivity contribution in [1.29, 1.82) is 0 Å². The summed E-state index contributed by atoms with van der Waals surface area (Å²) < 4.78 is 0. The summed E-state index contributed by atoms with van der Waals surface area (Å²) in [6.45, 7) is 0.766. The van der Waals surface area contributed by atoms with Gasteiger partial charge in [0.25, 0.3) is 0 Å². The van der Waals surface area contributed by atoms with Crippen LogP contribution in [0.3, 0.4) is 0 Å². The summed E-state index contributed by atoms with van der Waals surface area (Å²) in [5.74, 6) is -0.0678. The maximum absolute atomic E-state index is 11.1. The summed E-state index contributed by atoms with van der Waals surface area (Å²) >= 11 is 0. The van der Waals surface area contributed by atoms with Crippen LogP contribution in [0.2, 0.25) is 0 Å². The number of rotatable bonds is 8. The first-order chi connectivity index (χ1) is 12.7. The van der Waals surface area contributed by atoms with Crippen LogP contribution in [0.15, 0.2) is 58.5 Å². The molecule has 0 aromatic heterocycles. The topological polar surface area (TPSA) is 117 Å². The van der Waals surface area contributed by atoms with E-state index in [2.05, 4.69) is 9.98 Å². The summed E-state index contributed by atoms with van der Waals surface area (Å²) in [7, 11) is 0. The van der Waals surface area contributed by atoms with Gasteiger partial charge in [-0.15, -0.1) is 24.7 Å². The Morgan fingerprint density at radius 3 is 1.32 bits per heavy atom. The van der Waals surface area contributed by atoms with E-state index in [1.165, 1.54) is 24.6 Å². The van der Waals surface area contributed by atoms with Gasteiger partial charge in [-0.25, -0.2) is 0 Å². The zero-order valence-electron chi connectivity index (χ0n) is 15.2. The van der Waals surface area contributed by atoms with Crippen molar-refractivity contribution in [3.8, 4) is 11.5 Å². The van der Waals surface area contributed by atoms with Crippen molar-refractivity contribution in [2.75, 3.05) is 26.3 Å². The van der Waals surface area contributed by atoms with Crippen molar-refractivity contribution in [3.05, 3.63) is 59.7 Å². The van der Waals surface area contributed by atoms with Crippen molar-refractivity contribution in [3.63, 3.8) is 0 Å². The molecule has 0 spiro atoms. The molecule has 0 aliphatic rings. The molecule has 0 heterocycles. The van der Waals surface area contributed by atoms with Gasteiger partial charge in [0.2, 0.25) is 0 Å². The van der Waals surface area contributed by atoms with Crippen molar-refractivity contribution in [1.82, 2.24) is 0 Å². The molecule has 154 valence electrons. The van der Waals surface area contributed by atoms with Gasteiger partial charge in [-0.05, 0) is 24.0 Å². The van der Waals surface area contributed by atoms with E-state index in [9.17, 15) is 20.4 Å². The number of hydrogen-bond donors (Lipinski definition) is 0. The normalized spacial score (nSPS) is 10.1. The minimum atomic E-state index is -0.115. The van der Waals surface area contributed by atoms with Gasteiger partial charge in [-0.3, -0.25) is 9.98 Å². The number of benzene rings is 2. The first-order valence-corrected chi connectivity index (χ1v) is 8.37. The minimum Gasteiger partial charge on any atom is -0.872 e. The Morgan fingerprint density at radius 2 is 1.00 bits per heavy atom. The third kappa shape index (κ3) is 12.7. The number of para-hydroxylation sites is 2. The molecular formula is C20H22Co2N2O4. The zero-order valence-corrected chi connectivity index (χ0v) is 17.3. The second-order valence-electron chi connectivity index (χ2n) is 5.26. The van der Waals surface area contributed by atoms with Crippen molar-refractivity contribution in [2.45, 2.75) is 12.8 Å². The SMILES string of the molecule is [Co+2].[Co+2].[O-]CCCN=Cc1ccccc1[O-].[O-]CCCN=Cc1ccccc1[O-]. The van der Waals surface area contributed by atoms with Crippen LogP contribution >= 0.6 is 0 Å². The molecule has 6 nitrogen and oxygen atoms in total. The van der Waals surface area contributed by atoms with Gasteiger partial charge in [0, 0.05) is 25.5 Å². The molecule has 8 heteroatoms. The summed E-state index contributed by atoms with van der Waals surface area (Å²) in [4.78, 5) is 7.93. The molecule has 2 aromatic rings. The molecule has 0 atom stereocenters. The molecule has 0 fully saturated rings. The Kier molecular flexibility index (Phi) is 19.0. The van der Waals surface area contributed by atoms with Crippen LogP contribution in [0.1, 0.15) is 24.0 Å². The Labute approximate surface area is 186 Å². The first kappa shape index (κ1) is 28.5. The fraction of sp³-hybridized carbons (Fsp3) is 0.300. The summed E-state index contributed by atoms with van der Waals surface area (Å²) in [5.41, 5.74) is 1.15. The molecule has 0 aliphatic heterocycles. The van der Waals surface area contributed by atoms with E-state index in [1.807, 2.05) is 0 Å². The average Bonchev–Trinajstić information content (AvgIpc) is 2.66. The monoisotopic (exact) mass is 472 g/mol. The first-order valence-electron chi connectivity index (χ1n) is 8.37. The maximum atomic E-state index is 11.1. The fourth-order valence-corrected chi connectivity index (χ4v) is 1.81. The second-order valence-corrected chi connectivity index (χ2v) is 5.26. The van der Waals surface area contributed by atoms with Crippen LogP contribution < -0.4 is 20.4 Å². The number of nitrogens with zero attached hydrogens (tertiary/aromatic N) is 2. The van der Waals surface area contributed by atoms with Crippen molar-refractivity contribution < 1.29 is 54.0 Å². The van der Waals surface area contributed by atoms with Gasteiger partial charge in [0.05, 0.1) is 0 Å². The van der Waals surface area contributed by atoms with Crippen LogP contribution in [-0.2, 0) is 33.6 Å². The van der Waals surface area contributed by atoms with Gasteiger partial charge < -0.3 is 20.4 Å². The number of aliphatic imine (C=N–C) groups is 2. The summed E-state index contributed by atoms with van der Waals surface area (Å²) in [5, 5.41) is 42.4. The predicted molar refractivity (Wildman–Crippen MR) is 95.7 cm³/mol. The smallest absolute Gasteiger partial charge is 0.872 e. The Morgan fingerprint density at radius 1 is 0.643 bits per heavy atom. The van der Waals surface area contributed by atoms with Crippen molar-refractivity contribution in [2.24, 2.45) is 9.98 Å². The van der Waals surface area contributed by atoms with Crippen LogP contribution in [-0.4, -0.2) is 38.7 Å². The molecule has 28 heavy (non-hydrogen) atoms. The molecule has 2 rings (SSSR count). The van der Waals surface area contributed by atoms with E-state index in [4.69, 9.17) is 0 Å². The quantitative estimate of drug-likeness (QED) is 0.393. The Balaban J connectivity index is 0. The predicted octanol–water partition coefficient (Wildman–Crippen LogP) is -0.146. The van der Waals surface area contributed by atoms with Crippen molar-refractivity contribution >= 4 is 12.4 Å². The minimum absolute atomic E-state index is 0. The van der Waals surface area contributed by atoms with E-state index in [0.717, 1.165) is 0 Å². The molecule has 0 saturated carbocycles. The van der Waals surface area contributed by atoms with E-state index >= 15 is 0 Å². The third-order valence-corrected chi connectivity index (χ3v) is 3.16. The molecule has 0 aliphatic carbocycles. The average molecular weight is 472 g/mol. The van der Waals surface area contributed by atoms with Crippen LogP contribution in [0.5, 0.6) is 11.5 Å². The molecule has 0 N–H and O–H groups in total. The molecule has 2 aromatic carbocycles. The van der Waals surface area contributed by atoms with E-state index in [0.29, 0.717) is 37.1 Å². The molecule has 2 radical (unpaired) electrons. The van der Waals surface area contributed by atoms with Crippen LogP contribution in [0, 0.1) is 0 Å².